The highest BCUT2D eigenvalue weighted by Gasteiger charge is 2.26. The molecule has 2 N–H and O–H groups in total. The van der Waals surface area contributed by atoms with Crippen molar-refractivity contribution in [1.29, 1.82) is 0 Å². The summed E-state index contributed by atoms with van der Waals surface area (Å²) in [6, 6.07) is 10.8. The molecular weight excluding hydrogens is 262 g/mol. The van der Waals surface area contributed by atoms with Crippen molar-refractivity contribution in [2.45, 2.75) is 32.9 Å². The van der Waals surface area contributed by atoms with Crippen LogP contribution in [0.2, 0.25) is 0 Å². The van der Waals surface area contributed by atoms with E-state index in [2.05, 4.69) is 49.1 Å². The van der Waals surface area contributed by atoms with E-state index in [1.54, 1.807) is 0 Å². The predicted molar refractivity (Wildman–Crippen MR) is 85.7 cm³/mol. The van der Waals surface area contributed by atoms with Gasteiger partial charge in [0.1, 0.15) is 0 Å². The van der Waals surface area contributed by atoms with Gasteiger partial charge in [-0.15, -0.1) is 0 Å². The number of hydrogen-bond acceptors (Lipinski definition) is 3. The van der Waals surface area contributed by atoms with E-state index in [-0.39, 0.29) is 18.5 Å². The van der Waals surface area contributed by atoms with Gasteiger partial charge in [0.15, 0.2) is 0 Å². The number of benzene rings is 1. The van der Waals surface area contributed by atoms with Crippen molar-refractivity contribution in [3.63, 3.8) is 0 Å². The van der Waals surface area contributed by atoms with Crippen molar-refractivity contribution in [1.82, 2.24) is 9.80 Å². The van der Waals surface area contributed by atoms with E-state index >= 15 is 0 Å². The Morgan fingerprint density at radius 2 is 2.10 bits per heavy atom. The lowest BCUT2D eigenvalue weighted by molar-refractivity contribution is -0.132. The third-order valence-electron chi connectivity index (χ3n) is 4.19. The summed E-state index contributed by atoms with van der Waals surface area (Å²) in [5.74, 6) is 0.623. The highest BCUT2D eigenvalue weighted by molar-refractivity contribution is 5.78. The predicted octanol–water partition coefficient (Wildman–Crippen LogP) is 1.70. The SMILES string of the molecule is CC(C)N(CC1CCN(Cc2ccccc2)C1)C(=O)CN. The number of carbonyl (C=O) groups is 1. The molecule has 1 fully saturated rings. The molecule has 1 heterocycles. The van der Waals surface area contributed by atoms with Crippen molar-refractivity contribution < 1.29 is 4.79 Å². The van der Waals surface area contributed by atoms with Gasteiger partial charge in [0, 0.05) is 25.7 Å². The summed E-state index contributed by atoms with van der Waals surface area (Å²) in [7, 11) is 0. The summed E-state index contributed by atoms with van der Waals surface area (Å²) in [5.41, 5.74) is 6.87. The molecule has 4 heteroatoms. The summed E-state index contributed by atoms with van der Waals surface area (Å²) < 4.78 is 0. The monoisotopic (exact) mass is 289 g/mol. The Morgan fingerprint density at radius 3 is 2.71 bits per heavy atom. The first-order valence-corrected chi connectivity index (χ1v) is 7.86. The molecule has 1 unspecified atom stereocenters. The third-order valence-corrected chi connectivity index (χ3v) is 4.19. The van der Waals surface area contributed by atoms with Crippen LogP contribution < -0.4 is 5.73 Å². The molecule has 0 saturated carbocycles. The minimum absolute atomic E-state index is 0.0616. The lowest BCUT2D eigenvalue weighted by Crippen LogP contribution is -2.44. The van der Waals surface area contributed by atoms with E-state index < -0.39 is 0 Å². The van der Waals surface area contributed by atoms with Gasteiger partial charge in [0.2, 0.25) is 5.91 Å². The molecule has 1 aliphatic heterocycles. The van der Waals surface area contributed by atoms with Gasteiger partial charge in [-0.25, -0.2) is 0 Å². The second-order valence-corrected chi connectivity index (χ2v) is 6.22. The zero-order valence-corrected chi connectivity index (χ0v) is 13.2. The quantitative estimate of drug-likeness (QED) is 0.867. The van der Waals surface area contributed by atoms with Crippen LogP contribution in [0.25, 0.3) is 0 Å². The first-order valence-electron chi connectivity index (χ1n) is 7.86. The van der Waals surface area contributed by atoms with E-state index in [0.717, 1.165) is 32.6 Å². The van der Waals surface area contributed by atoms with Crippen LogP contribution in [0.15, 0.2) is 30.3 Å². The standard InChI is InChI=1S/C17H27N3O/c1-14(2)20(17(21)10-18)13-16-8-9-19(12-16)11-15-6-4-3-5-7-15/h3-7,14,16H,8-13,18H2,1-2H3. The minimum Gasteiger partial charge on any atom is -0.339 e. The van der Waals surface area contributed by atoms with Crippen LogP contribution in [0.1, 0.15) is 25.8 Å². The van der Waals surface area contributed by atoms with E-state index in [4.69, 9.17) is 5.73 Å². The van der Waals surface area contributed by atoms with Crippen molar-refractivity contribution in [3.8, 4) is 0 Å². The van der Waals surface area contributed by atoms with Crippen LogP contribution in [0.4, 0.5) is 0 Å². The summed E-state index contributed by atoms with van der Waals surface area (Å²) in [5, 5.41) is 0. The average molecular weight is 289 g/mol. The van der Waals surface area contributed by atoms with Gasteiger partial charge >= 0.3 is 0 Å². The molecule has 21 heavy (non-hydrogen) atoms. The van der Waals surface area contributed by atoms with E-state index in [9.17, 15) is 4.79 Å². The largest absolute Gasteiger partial charge is 0.339 e. The number of carbonyl (C=O) groups excluding carboxylic acids is 1. The zero-order valence-electron chi connectivity index (χ0n) is 13.2. The smallest absolute Gasteiger partial charge is 0.236 e. The summed E-state index contributed by atoms with van der Waals surface area (Å²) in [4.78, 5) is 16.3. The molecule has 0 aromatic heterocycles. The fourth-order valence-electron chi connectivity index (χ4n) is 3.04. The first-order chi connectivity index (χ1) is 10.1. The molecule has 0 aliphatic carbocycles. The molecule has 0 radical (unpaired) electrons. The van der Waals surface area contributed by atoms with Gasteiger partial charge < -0.3 is 10.6 Å². The third kappa shape index (κ3) is 4.55. The van der Waals surface area contributed by atoms with Crippen LogP contribution in [-0.4, -0.2) is 47.9 Å². The van der Waals surface area contributed by atoms with Gasteiger partial charge in [-0.05, 0) is 38.3 Å². The number of rotatable bonds is 6. The lowest BCUT2D eigenvalue weighted by Gasteiger charge is -2.29. The highest BCUT2D eigenvalue weighted by Crippen LogP contribution is 2.20. The molecule has 1 aliphatic rings. The summed E-state index contributed by atoms with van der Waals surface area (Å²) in [6.07, 6.45) is 1.16. The van der Waals surface area contributed by atoms with Crippen molar-refractivity contribution >= 4 is 5.91 Å². The molecule has 1 aromatic carbocycles. The normalized spacial score (nSPS) is 19.1. The molecule has 0 bridgehead atoms. The maximum absolute atomic E-state index is 11.9. The number of hydrogen-bond donors (Lipinski definition) is 1. The van der Waals surface area contributed by atoms with Crippen molar-refractivity contribution in [3.05, 3.63) is 35.9 Å². The minimum atomic E-state index is 0.0616. The number of nitrogens with zero attached hydrogens (tertiary/aromatic N) is 2. The van der Waals surface area contributed by atoms with Crippen LogP contribution in [0.3, 0.4) is 0 Å². The second-order valence-electron chi connectivity index (χ2n) is 6.22. The molecule has 4 nitrogen and oxygen atoms in total. The Labute approximate surface area is 127 Å². The Bertz CT molecular complexity index is 447. The van der Waals surface area contributed by atoms with Gasteiger partial charge in [0.05, 0.1) is 6.54 Å². The van der Waals surface area contributed by atoms with Gasteiger partial charge in [-0.2, -0.15) is 0 Å². The molecule has 1 saturated heterocycles. The second kappa shape index (κ2) is 7.57. The maximum atomic E-state index is 11.9. The van der Waals surface area contributed by atoms with Crippen molar-refractivity contribution in [2.75, 3.05) is 26.2 Å². The molecule has 0 spiro atoms. The molecule has 116 valence electrons. The number of nitrogens with two attached hydrogens (primary N) is 1. The van der Waals surface area contributed by atoms with Crippen LogP contribution in [-0.2, 0) is 11.3 Å². The lowest BCUT2D eigenvalue weighted by atomic mass is 10.1. The average Bonchev–Trinajstić information content (AvgIpc) is 2.92. The summed E-state index contributed by atoms with van der Waals surface area (Å²) >= 11 is 0. The van der Waals surface area contributed by atoms with Crippen LogP contribution in [0.5, 0.6) is 0 Å². The van der Waals surface area contributed by atoms with E-state index in [1.807, 2.05) is 4.90 Å². The molecular formula is C17H27N3O. The van der Waals surface area contributed by atoms with E-state index in [0.29, 0.717) is 5.92 Å². The molecule has 1 atom stereocenters. The van der Waals surface area contributed by atoms with Crippen LogP contribution >= 0.6 is 0 Å². The topological polar surface area (TPSA) is 49.6 Å². The van der Waals surface area contributed by atoms with Gasteiger partial charge in [-0.3, -0.25) is 9.69 Å². The van der Waals surface area contributed by atoms with Crippen LogP contribution in [0, 0.1) is 5.92 Å². The fraction of sp³-hybridized carbons (Fsp3) is 0.588. The first kappa shape index (κ1) is 16.0. The molecule has 1 aromatic rings. The zero-order chi connectivity index (χ0) is 15.2. The number of likely N-dealkylation sites (tertiary alicyclic amines) is 1. The Morgan fingerprint density at radius 1 is 1.38 bits per heavy atom. The maximum Gasteiger partial charge on any atom is 0.236 e. The fourth-order valence-corrected chi connectivity index (χ4v) is 3.04. The van der Waals surface area contributed by atoms with Gasteiger partial charge in [0.25, 0.3) is 0 Å². The van der Waals surface area contributed by atoms with Gasteiger partial charge in [-0.1, -0.05) is 30.3 Å². The van der Waals surface area contributed by atoms with E-state index in [1.165, 1.54) is 5.56 Å². The summed E-state index contributed by atoms with van der Waals surface area (Å²) in [6.45, 7) is 8.24. The molecule has 1 amide bonds. The Balaban J connectivity index is 1.85. The number of amides is 1. The van der Waals surface area contributed by atoms with Crippen molar-refractivity contribution in [2.24, 2.45) is 11.7 Å². The Kier molecular flexibility index (Phi) is 5.76. The Hall–Kier alpha value is -1.39. The molecule has 2 rings (SSSR count). The highest BCUT2D eigenvalue weighted by atomic mass is 16.2.